The second-order valence-corrected chi connectivity index (χ2v) is 4.22. The van der Waals surface area contributed by atoms with Crippen LogP contribution in [0.15, 0.2) is 48.0 Å². The summed E-state index contributed by atoms with van der Waals surface area (Å²) in [5.41, 5.74) is 2.19. The first-order chi connectivity index (χ1) is 9.17. The van der Waals surface area contributed by atoms with Crippen molar-refractivity contribution in [3.63, 3.8) is 0 Å². The molecule has 92 valence electrons. The van der Waals surface area contributed by atoms with Gasteiger partial charge in [-0.25, -0.2) is 0 Å². The minimum absolute atomic E-state index is 0.593. The van der Waals surface area contributed by atoms with Crippen LogP contribution in [0.3, 0.4) is 0 Å². The van der Waals surface area contributed by atoms with Crippen LogP contribution in [-0.4, -0.2) is 0 Å². The van der Waals surface area contributed by atoms with Crippen LogP contribution in [0.2, 0.25) is 0 Å². The van der Waals surface area contributed by atoms with Crippen molar-refractivity contribution in [3.05, 3.63) is 53.6 Å². The van der Waals surface area contributed by atoms with Gasteiger partial charge in [0.25, 0.3) is 0 Å². The van der Waals surface area contributed by atoms with E-state index in [1.807, 2.05) is 36.4 Å². The van der Waals surface area contributed by atoms with Gasteiger partial charge >= 0.3 is 0 Å². The molecule has 17 heavy (non-hydrogen) atoms. The van der Waals surface area contributed by atoms with Gasteiger partial charge in [-0.05, 0) is 24.8 Å². The number of rotatable bonds is 7. The third-order valence-corrected chi connectivity index (χ3v) is 2.56. The summed E-state index contributed by atoms with van der Waals surface area (Å²) in [5, 5.41) is 0. The summed E-state index contributed by atoms with van der Waals surface area (Å²) in [6.45, 7) is 4.23. The third kappa shape index (κ3) is 6.11. The number of benzene rings is 1. The van der Waals surface area contributed by atoms with Crippen molar-refractivity contribution in [2.24, 2.45) is 0 Å². The third-order valence-electron chi connectivity index (χ3n) is 2.56. The van der Waals surface area contributed by atoms with Gasteiger partial charge in [0.2, 0.25) is 0 Å². The van der Waals surface area contributed by atoms with E-state index in [0.29, 0.717) is 12.5 Å². The predicted molar refractivity (Wildman–Crippen MR) is 78.0 cm³/mol. The van der Waals surface area contributed by atoms with Gasteiger partial charge in [0, 0.05) is 0 Å². The Morgan fingerprint density at radius 3 is 2.59 bits per heavy atom. The van der Waals surface area contributed by atoms with Crippen LogP contribution in [0.25, 0.3) is 6.08 Å². The van der Waals surface area contributed by atoms with Gasteiger partial charge in [0.05, 0.1) is 2.74 Å². The lowest BCUT2D eigenvalue weighted by atomic mass is 10.0. The Labute approximate surface area is 109 Å². The maximum absolute atomic E-state index is 8.09. The minimum Gasteiger partial charge on any atom is -0.0850 e. The molecular formula is C17H24. The van der Waals surface area contributed by atoms with Crippen molar-refractivity contribution >= 4 is 6.08 Å². The molecule has 0 aromatic heterocycles. The monoisotopic (exact) mass is 230 g/mol. The van der Waals surface area contributed by atoms with Crippen LogP contribution >= 0.6 is 0 Å². The van der Waals surface area contributed by atoms with Crippen molar-refractivity contribution < 1.29 is 2.74 Å². The van der Waals surface area contributed by atoms with Crippen molar-refractivity contribution in [1.29, 1.82) is 0 Å². The van der Waals surface area contributed by atoms with Gasteiger partial charge in [-0.15, -0.1) is 0 Å². The van der Waals surface area contributed by atoms with Gasteiger partial charge in [0.15, 0.2) is 0 Å². The Bertz CT molecular complexity index is 430. The first-order valence-corrected chi connectivity index (χ1v) is 6.57. The van der Waals surface area contributed by atoms with E-state index in [1.54, 1.807) is 0 Å². The average molecular weight is 230 g/mol. The number of hydrogen-bond acceptors (Lipinski definition) is 0. The largest absolute Gasteiger partial charge is 0.0850 e. The topological polar surface area (TPSA) is 0 Å². The summed E-state index contributed by atoms with van der Waals surface area (Å²) >= 11 is 0. The van der Waals surface area contributed by atoms with Crippen LogP contribution in [0.5, 0.6) is 0 Å². The normalized spacial score (nSPS) is 15.1. The fraction of sp³-hybridized carbons (Fsp3) is 0.412. The van der Waals surface area contributed by atoms with E-state index in [1.165, 1.54) is 0 Å². The van der Waals surface area contributed by atoms with E-state index in [-0.39, 0.29) is 0 Å². The second-order valence-electron chi connectivity index (χ2n) is 4.22. The molecule has 0 bridgehead atoms. The summed E-state index contributed by atoms with van der Waals surface area (Å²) in [6.07, 6.45) is 6.32. The minimum atomic E-state index is 0.593. The van der Waals surface area contributed by atoms with E-state index in [9.17, 15) is 0 Å². The summed E-state index contributed by atoms with van der Waals surface area (Å²) in [6, 6.07) is 11.3. The first-order valence-electron chi connectivity index (χ1n) is 7.57. The molecule has 0 aliphatic heterocycles. The molecule has 1 rings (SSSR count). The van der Waals surface area contributed by atoms with E-state index < -0.39 is 0 Å². The maximum Gasteiger partial charge on any atom is 0.0579 e. The Morgan fingerprint density at radius 1 is 1.18 bits per heavy atom. The van der Waals surface area contributed by atoms with Gasteiger partial charge in [0.1, 0.15) is 0 Å². The Hall–Kier alpha value is -1.30. The van der Waals surface area contributed by atoms with Crippen LogP contribution in [0.4, 0.5) is 0 Å². The molecule has 0 N–H and O–H groups in total. The van der Waals surface area contributed by atoms with E-state index >= 15 is 0 Å². The first kappa shape index (κ1) is 10.8. The molecule has 0 fully saturated rings. The van der Waals surface area contributed by atoms with Crippen LogP contribution in [0, 0.1) is 0 Å². The molecule has 1 aromatic rings. The SMILES string of the molecule is [2H]C(=Cc1ccccc1)CC(CCC)=C([2H])CCC. The zero-order valence-electron chi connectivity index (χ0n) is 13.0. The highest BCUT2D eigenvalue weighted by Gasteiger charge is 1.93. The number of allylic oxidation sites excluding steroid dienone is 3. The summed E-state index contributed by atoms with van der Waals surface area (Å²) in [5.74, 6) is 0. The van der Waals surface area contributed by atoms with Crippen LogP contribution in [-0.2, 0) is 0 Å². The highest BCUT2D eigenvalue weighted by Crippen LogP contribution is 2.13. The van der Waals surface area contributed by atoms with Gasteiger partial charge < -0.3 is 0 Å². The van der Waals surface area contributed by atoms with Crippen molar-refractivity contribution in [2.45, 2.75) is 46.0 Å². The van der Waals surface area contributed by atoms with Gasteiger partial charge in [-0.2, -0.15) is 0 Å². The standard InChI is InChI=1S/C17H24/c1-3-5-11-16(10-4-2)14-9-15-17-12-7-6-8-13-17/h6-9,11-13,15H,3-5,10,14H2,1-2H3/i9D,11D. The zero-order chi connectivity index (χ0) is 14.1. The lowest BCUT2D eigenvalue weighted by Gasteiger charge is -2.02. The maximum atomic E-state index is 8.09. The highest BCUT2D eigenvalue weighted by atomic mass is 14.0. The van der Waals surface area contributed by atoms with Crippen molar-refractivity contribution in [2.75, 3.05) is 0 Å². The molecule has 0 heterocycles. The van der Waals surface area contributed by atoms with Crippen molar-refractivity contribution in [1.82, 2.24) is 0 Å². The van der Waals surface area contributed by atoms with E-state index in [0.717, 1.165) is 42.9 Å². The molecule has 0 saturated carbocycles. The average Bonchev–Trinajstić information content (AvgIpc) is 2.39. The molecule has 0 radical (unpaired) electrons. The molecule has 0 amide bonds. The number of hydrogen-bond donors (Lipinski definition) is 0. The summed E-state index contributed by atoms with van der Waals surface area (Å²) < 4.78 is 16.2. The van der Waals surface area contributed by atoms with E-state index in [4.69, 9.17) is 2.74 Å². The van der Waals surface area contributed by atoms with Crippen LogP contribution in [0.1, 0.15) is 54.3 Å². The second kappa shape index (κ2) is 8.81. The molecule has 0 unspecified atom stereocenters. The fourth-order valence-electron chi connectivity index (χ4n) is 1.68. The molecule has 0 heteroatoms. The molecule has 0 spiro atoms. The zero-order valence-corrected chi connectivity index (χ0v) is 11.0. The van der Waals surface area contributed by atoms with E-state index in [2.05, 4.69) is 13.8 Å². The van der Waals surface area contributed by atoms with Crippen LogP contribution < -0.4 is 0 Å². The lowest BCUT2D eigenvalue weighted by molar-refractivity contribution is 0.854. The molecule has 0 atom stereocenters. The molecule has 0 aliphatic rings. The molecule has 0 aliphatic carbocycles. The summed E-state index contributed by atoms with van der Waals surface area (Å²) in [4.78, 5) is 0. The molecule has 0 saturated heterocycles. The van der Waals surface area contributed by atoms with Gasteiger partial charge in [-0.1, -0.05) is 80.8 Å². The molecule has 0 nitrogen and oxygen atoms in total. The highest BCUT2D eigenvalue weighted by molar-refractivity contribution is 5.49. The smallest absolute Gasteiger partial charge is 0.0579 e. The fourth-order valence-corrected chi connectivity index (χ4v) is 1.68. The summed E-state index contributed by atoms with van der Waals surface area (Å²) in [7, 11) is 0. The molecular weight excluding hydrogens is 204 g/mol. The lowest BCUT2D eigenvalue weighted by Crippen LogP contribution is -1.82. The molecule has 1 aromatic carbocycles. The van der Waals surface area contributed by atoms with Gasteiger partial charge in [-0.3, -0.25) is 0 Å². The Kier molecular flexibility index (Phi) is 5.61. The van der Waals surface area contributed by atoms with Crippen molar-refractivity contribution in [3.8, 4) is 0 Å². The Morgan fingerprint density at radius 2 is 1.94 bits per heavy atom. The Balaban J connectivity index is 2.79. The predicted octanol–water partition coefficient (Wildman–Crippen LogP) is 5.62. The quantitative estimate of drug-likeness (QED) is 0.533.